The van der Waals surface area contributed by atoms with Crippen molar-refractivity contribution in [1.82, 2.24) is 0 Å². The first-order chi connectivity index (χ1) is 11.4. The van der Waals surface area contributed by atoms with Gasteiger partial charge < -0.3 is 9.64 Å². The predicted octanol–water partition coefficient (Wildman–Crippen LogP) is 5.00. The Morgan fingerprint density at radius 3 is 2.46 bits per heavy atom. The molecule has 0 saturated carbocycles. The molecule has 24 heavy (non-hydrogen) atoms. The van der Waals surface area contributed by atoms with Gasteiger partial charge in [0, 0.05) is 25.3 Å². The van der Waals surface area contributed by atoms with Crippen molar-refractivity contribution >= 4 is 17.5 Å². The molecule has 134 valence electrons. The Balaban J connectivity index is 2.34. The molecule has 1 amide bonds. The zero-order chi connectivity index (χ0) is 17.7. The average Bonchev–Trinajstić information content (AvgIpc) is 2.52. The highest BCUT2D eigenvalue weighted by Gasteiger charge is 2.29. The molecule has 1 aliphatic heterocycles. The second kappa shape index (κ2) is 7.91. The van der Waals surface area contributed by atoms with Crippen LogP contribution in [0.4, 0.5) is 16.2 Å². The largest absolute Gasteiger partial charge is 0.443 e. The molecule has 1 heterocycles. The zero-order valence-electron chi connectivity index (χ0n) is 15.9. The van der Waals surface area contributed by atoms with E-state index in [1.54, 1.807) is 0 Å². The minimum Gasteiger partial charge on any atom is -0.443 e. The highest BCUT2D eigenvalue weighted by Crippen LogP contribution is 2.35. The average molecular weight is 332 g/mol. The second-order valence-electron chi connectivity index (χ2n) is 7.50. The standard InChI is InChI=1S/C20H32N2O2/c1-6-13-21(14-7-2)17-11-8-12-18-16(17)10-9-15-22(18)19(23)24-20(3,4)5/h8,11-12H,6-7,9-10,13-15H2,1-5H3. The monoisotopic (exact) mass is 332 g/mol. The fraction of sp³-hybridized carbons (Fsp3) is 0.650. The van der Waals surface area contributed by atoms with Crippen LogP contribution in [-0.4, -0.2) is 31.3 Å². The lowest BCUT2D eigenvalue weighted by atomic mass is 9.99. The van der Waals surface area contributed by atoms with Crippen LogP contribution in [0.2, 0.25) is 0 Å². The van der Waals surface area contributed by atoms with Crippen LogP contribution in [0.1, 0.15) is 59.4 Å². The van der Waals surface area contributed by atoms with Crippen LogP contribution in [0.25, 0.3) is 0 Å². The highest BCUT2D eigenvalue weighted by molar-refractivity contribution is 5.91. The number of hydrogen-bond donors (Lipinski definition) is 0. The molecule has 0 unspecified atom stereocenters. The maximum Gasteiger partial charge on any atom is 0.414 e. The number of anilines is 2. The SMILES string of the molecule is CCCN(CCC)c1cccc2c1CCCN2C(=O)OC(C)(C)C. The van der Waals surface area contributed by atoms with Gasteiger partial charge in [0.05, 0.1) is 5.69 Å². The van der Waals surface area contributed by atoms with E-state index in [0.717, 1.165) is 51.0 Å². The minimum atomic E-state index is -0.469. The zero-order valence-corrected chi connectivity index (χ0v) is 15.9. The van der Waals surface area contributed by atoms with Crippen molar-refractivity contribution in [2.45, 2.75) is 65.9 Å². The van der Waals surface area contributed by atoms with Gasteiger partial charge in [0.25, 0.3) is 0 Å². The Hall–Kier alpha value is -1.71. The molecule has 0 atom stereocenters. The molecule has 1 aromatic rings. The van der Waals surface area contributed by atoms with E-state index in [0.29, 0.717) is 0 Å². The topological polar surface area (TPSA) is 32.8 Å². The number of benzene rings is 1. The highest BCUT2D eigenvalue weighted by atomic mass is 16.6. The third-order valence-electron chi connectivity index (χ3n) is 4.17. The molecule has 0 saturated heterocycles. The molecule has 0 aliphatic carbocycles. The summed E-state index contributed by atoms with van der Waals surface area (Å²) < 4.78 is 5.60. The molecule has 0 spiro atoms. The van der Waals surface area contributed by atoms with Gasteiger partial charge in [-0.1, -0.05) is 19.9 Å². The van der Waals surface area contributed by atoms with Gasteiger partial charge in [-0.25, -0.2) is 4.79 Å². The van der Waals surface area contributed by atoms with Gasteiger partial charge >= 0.3 is 6.09 Å². The second-order valence-corrected chi connectivity index (χ2v) is 7.50. The Bertz CT molecular complexity index is 557. The van der Waals surface area contributed by atoms with E-state index in [1.807, 2.05) is 25.7 Å². The van der Waals surface area contributed by atoms with E-state index in [2.05, 4.69) is 36.9 Å². The van der Waals surface area contributed by atoms with Gasteiger partial charge in [-0.2, -0.15) is 0 Å². The molecule has 4 nitrogen and oxygen atoms in total. The third-order valence-corrected chi connectivity index (χ3v) is 4.17. The number of rotatable bonds is 5. The summed E-state index contributed by atoms with van der Waals surface area (Å²) in [6.45, 7) is 13.0. The van der Waals surface area contributed by atoms with Crippen LogP contribution in [0.15, 0.2) is 18.2 Å². The van der Waals surface area contributed by atoms with E-state index in [9.17, 15) is 4.79 Å². The molecule has 0 aromatic heterocycles. The lowest BCUT2D eigenvalue weighted by Crippen LogP contribution is -2.40. The summed E-state index contributed by atoms with van der Waals surface area (Å²) >= 11 is 0. The maximum absolute atomic E-state index is 12.6. The smallest absolute Gasteiger partial charge is 0.414 e. The number of fused-ring (bicyclic) bond motifs is 1. The summed E-state index contributed by atoms with van der Waals surface area (Å²) in [6, 6.07) is 6.32. The van der Waals surface area contributed by atoms with Crippen LogP contribution >= 0.6 is 0 Å². The number of carbonyl (C=O) groups excluding carboxylic acids is 1. The van der Waals surface area contributed by atoms with Gasteiger partial charge in [0.15, 0.2) is 0 Å². The summed E-state index contributed by atoms with van der Waals surface area (Å²) in [6.07, 6.45) is 4.02. The Labute approximate surface area is 146 Å². The number of ether oxygens (including phenoxy) is 1. The van der Waals surface area contributed by atoms with E-state index in [-0.39, 0.29) is 6.09 Å². The fourth-order valence-corrected chi connectivity index (χ4v) is 3.30. The number of carbonyl (C=O) groups is 1. The molecule has 0 fully saturated rings. The third kappa shape index (κ3) is 4.43. The first-order valence-electron chi connectivity index (χ1n) is 9.24. The summed E-state index contributed by atoms with van der Waals surface area (Å²) in [5.41, 5.74) is 3.12. The summed E-state index contributed by atoms with van der Waals surface area (Å²) in [5, 5.41) is 0. The molecular weight excluding hydrogens is 300 g/mol. The van der Waals surface area contributed by atoms with E-state index < -0.39 is 5.60 Å². The molecule has 0 bridgehead atoms. The first-order valence-corrected chi connectivity index (χ1v) is 9.24. The number of nitrogens with zero attached hydrogens (tertiary/aromatic N) is 2. The number of hydrogen-bond acceptors (Lipinski definition) is 3. The van der Waals surface area contributed by atoms with Crippen molar-refractivity contribution in [3.8, 4) is 0 Å². The summed E-state index contributed by atoms with van der Waals surface area (Å²) in [5.74, 6) is 0. The molecular formula is C20H32N2O2. The van der Waals surface area contributed by atoms with E-state index >= 15 is 0 Å². The van der Waals surface area contributed by atoms with Crippen molar-refractivity contribution in [2.24, 2.45) is 0 Å². The fourth-order valence-electron chi connectivity index (χ4n) is 3.30. The van der Waals surface area contributed by atoms with Crippen molar-refractivity contribution in [3.63, 3.8) is 0 Å². The quantitative estimate of drug-likeness (QED) is 0.760. The molecule has 2 rings (SSSR count). The maximum atomic E-state index is 12.6. The Morgan fingerprint density at radius 2 is 1.88 bits per heavy atom. The van der Waals surface area contributed by atoms with Crippen LogP contribution in [0.5, 0.6) is 0 Å². The van der Waals surface area contributed by atoms with Gasteiger partial charge in [-0.3, -0.25) is 4.90 Å². The van der Waals surface area contributed by atoms with Crippen LogP contribution in [-0.2, 0) is 11.2 Å². The van der Waals surface area contributed by atoms with Crippen LogP contribution < -0.4 is 9.80 Å². The van der Waals surface area contributed by atoms with Crippen LogP contribution in [0, 0.1) is 0 Å². The summed E-state index contributed by atoms with van der Waals surface area (Å²) in [4.78, 5) is 16.9. The summed E-state index contributed by atoms with van der Waals surface area (Å²) in [7, 11) is 0. The van der Waals surface area contributed by atoms with Crippen molar-refractivity contribution in [2.75, 3.05) is 29.4 Å². The molecule has 4 heteroatoms. The Morgan fingerprint density at radius 1 is 1.21 bits per heavy atom. The number of amides is 1. The van der Waals surface area contributed by atoms with Crippen LogP contribution in [0.3, 0.4) is 0 Å². The molecule has 0 N–H and O–H groups in total. The normalized spacial score (nSPS) is 14.3. The Kier molecular flexibility index (Phi) is 6.14. The van der Waals surface area contributed by atoms with E-state index in [4.69, 9.17) is 4.74 Å². The van der Waals surface area contributed by atoms with Gasteiger partial charge in [0.2, 0.25) is 0 Å². The lowest BCUT2D eigenvalue weighted by Gasteiger charge is -2.35. The molecule has 1 aromatic carbocycles. The van der Waals surface area contributed by atoms with Crippen molar-refractivity contribution in [1.29, 1.82) is 0 Å². The van der Waals surface area contributed by atoms with E-state index in [1.165, 1.54) is 11.3 Å². The first kappa shape index (κ1) is 18.6. The van der Waals surface area contributed by atoms with Gasteiger partial charge in [0.1, 0.15) is 5.60 Å². The van der Waals surface area contributed by atoms with Crippen molar-refractivity contribution < 1.29 is 9.53 Å². The lowest BCUT2D eigenvalue weighted by molar-refractivity contribution is 0.0578. The minimum absolute atomic E-state index is 0.238. The van der Waals surface area contributed by atoms with Gasteiger partial charge in [-0.15, -0.1) is 0 Å². The van der Waals surface area contributed by atoms with Crippen molar-refractivity contribution in [3.05, 3.63) is 23.8 Å². The predicted molar refractivity (Wildman–Crippen MR) is 101 cm³/mol. The molecule has 1 aliphatic rings. The van der Waals surface area contributed by atoms with Gasteiger partial charge in [-0.05, 0) is 64.2 Å². The molecule has 0 radical (unpaired) electrons.